The number of rotatable bonds is 4. The molecule has 0 aliphatic heterocycles. The van der Waals surface area contributed by atoms with Gasteiger partial charge in [-0.2, -0.15) is 0 Å². The summed E-state index contributed by atoms with van der Waals surface area (Å²) in [4.78, 5) is 0. The van der Waals surface area contributed by atoms with Crippen molar-refractivity contribution in [3.8, 4) is 5.75 Å². The molecule has 1 saturated carbocycles. The summed E-state index contributed by atoms with van der Waals surface area (Å²) in [6.07, 6.45) is 4.16. The quantitative estimate of drug-likeness (QED) is 0.792. The van der Waals surface area contributed by atoms with Crippen LogP contribution in [0.15, 0.2) is 24.3 Å². The maximum atomic E-state index is 9.15. The first-order valence-electron chi connectivity index (χ1n) is 5.77. The summed E-state index contributed by atoms with van der Waals surface area (Å²) >= 11 is 0. The van der Waals surface area contributed by atoms with Crippen molar-refractivity contribution >= 4 is 0 Å². The Labute approximate surface area is 91.3 Å². The van der Waals surface area contributed by atoms with Gasteiger partial charge in [-0.05, 0) is 43.4 Å². The molecule has 0 saturated heterocycles. The van der Waals surface area contributed by atoms with E-state index in [1.165, 1.54) is 24.8 Å². The molecule has 1 aromatic carbocycles. The van der Waals surface area contributed by atoms with Gasteiger partial charge >= 0.3 is 0 Å². The predicted octanol–water partition coefficient (Wildman–Crippen LogP) is 2.67. The number of nitrogens with one attached hydrogen (secondary N) is 1. The average Bonchev–Trinajstić information content (AvgIpc) is 2.14. The van der Waals surface area contributed by atoms with Crippen LogP contribution in [0.4, 0.5) is 0 Å². The lowest BCUT2D eigenvalue weighted by molar-refractivity contribution is 0.240. The number of aromatic hydroxyl groups is 1. The van der Waals surface area contributed by atoms with Gasteiger partial charge in [0.2, 0.25) is 0 Å². The molecule has 2 nitrogen and oxygen atoms in total. The van der Waals surface area contributed by atoms with Gasteiger partial charge in [0.1, 0.15) is 5.75 Å². The maximum Gasteiger partial charge on any atom is 0.115 e. The number of phenolic OH excluding ortho intramolecular Hbond substituents is 1. The smallest absolute Gasteiger partial charge is 0.115 e. The molecule has 1 aromatic rings. The van der Waals surface area contributed by atoms with Gasteiger partial charge in [0.15, 0.2) is 0 Å². The Bertz CT molecular complexity index is 303. The van der Waals surface area contributed by atoms with Gasteiger partial charge < -0.3 is 10.4 Å². The van der Waals surface area contributed by atoms with Crippen molar-refractivity contribution < 1.29 is 5.11 Å². The molecule has 1 fully saturated rings. The van der Waals surface area contributed by atoms with Crippen molar-refractivity contribution in [2.45, 2.75) is 38.8 Å². The van der Waals surface area contributed by atoms with Crippen LogP contribution in [-0.4, -0.2) is 11.1 Å². The zero-order valence-electron chi connectivity index (χ0n) is 9.24. The summed E-state index contributed by atoms with van der Waals surface area (Å²) in [6.45, 7) is 3.17. The van der Waals surface area contributed by atoms with Crippen LogP contribution in [0.25, 0.3) is 0 Å². The largest absolute Gasteiger partial charge is 0.508 e. The van der Waals surface area contributed by atoms with Crippen LogP contribution < -0.4 is 5.32 Å². The van der Waals surface area contributed by atoms with Gasteiger partial charge in [-0.15, -0.1) is 0 Å². The third-order valence-electron chi connectivity index (χ3n) is 3.42. The molecule has 2 heteroatoms. The second kappa shape index (κ2) is 4.67. The summed E-state index contributed by atoms with van der Waals surface area (Å²) in [5.74, 6) is 1.22. The maximum absolute atomic E-state index is 9.15. The summed E-state index contributed by atoms with van der Waals surface area (Å²) < 4.78 is 0. The second-order valence-electron chi connectivity index (χ2n) is 4.53. The third-order valence-corrected chi connectivity index (χ3v) is 3.42. The van der Waals surface area contributed by atoms with E-state index >= 15 is 0 Å². The molecule has 1 aliphatic rings. The normalized spacial score (nSPS) is 18.5. The van der Waals surface area contributed by atoms with Crippen LogP contribution in [-0.2, 0) is 6.54 Å². The van der Waals surface area contributed by atoms with Crippen LogP contribution >= 0.6 is 0 Å². The monoisotopic (exact) mass is 205 g/mol. The molecular formula is C13H19NO. The molecule has 0 bridgehead atoms. The predicted molar refractivity (Wildman–Crippen MR) is 61.7 cm³/mol. The van der Waals surface area contributed by atoms with Crippen molar-refractivity contribution in [3.05, 3.63) is 29.8 Å². The lowest BCUT2D eigenvalue weighted by Crippen LogP contribution is -2.36. The summed E-state index contributed by atoms with van der Waals surface area (Å²) in [5, 5.41) is 12.7. The average molecular weight is 205 g/mol. The van der Waals surface area contributed by atoms with Crippen LogP contribution in [0.3, 0.4) is 0 Å². The Hall–Kier alpha value is -1.02. The molecule has 0 amide bonds. The third kappa shape index (κ3) is 2.72. The first kappa shape index (κ1) is 10.5. The van der Waals surface area contributed by atoms with E-state index in [4.69, 9.17) is 5.11 Å². The van der Waals surface area contributed by atoms with E-state index in [9.17, 15) is 0 Å². The number of hydrogen-bond donors (Lipinski definition) is 2. The zero-order valence-corrected chi connectivity index (χ0v) is 9.24. The van der Waals surface area contributed by atoms with Gasteiger partial charge in [-0.25, -0.2) is 0 Å². The van der Waals surface area contributed by atoms with Crippen molar-refractivity contribution in [1.82, 2.24) is 5.32 Å². The number of phenols is 1. The Kier molecular flexibility index (Phi) is 3.27. The highest BCUT2D eigenvalue weighted by Crippen LogP contribution is 2.29. The van der Waals surface area contributed by atoms with Crippen LogP contribution in [0.2, 0.25) is 0 Å². The van der Waals surface area contributed by atoms with E-state index in [1.807, 2.05) is 12.1 Å². The Balaban J connectivity index is 1.79. The van der Waals surface area contributed by atoms with Crippen LogP contribution in [0.5, 0.6) is 5.75 Å². The van der Waals surface area contributed by atoms with Gasteiger partial charge in [-0.1, -0.05) is 18.6 Å². The minimum absolute atomic E-state index is 0.339. The lowest BCUT2D eigenvalue weighted by Gasteiger charge is -2.32. The molecule has 15 heavy (non-hydrogen) atoms. The highest BCUT2D eigenvalue weighted by Gasteiger charge is 2.23. The van der Waals surface area contributed by atoms with Crippen LogP contribution in [0.1, 0.15) is 31.7 Å². The minimum Gasteiger partial charge on any atom is -0.508 e. The molecule has 2 rings (SSSR count). The molecule has 0 heterocycles. The topological polar surface area (TPSA) is 32.3 Å². The Morgan fingerprint density at radius 3 is 2.53 bits per heavy atom. The first-order valence-corrected chi connectivity index (χ1v) is 5.77. The molecule has 0 radical (unpaired) electrons. The van der Waals surface area contributed by atoms with Crippen molar-refractivity contribution in [1.29, 1.82) is 0 Å². The Morgan fingerprint density at radius 1 is 1.33 bits per heavy atom. The Morgan fingerprint density at radius 2 is 2.00 bits per heavy atom. The fourth-order valence-corrected chi connectivity index (χ4v) is 2.00. The second-order valence-corrected chi connectivity index (χ2v) is 4.53. The van der Waals surface area contributed by atoms with Gasteiger partial charge in [0.25, 0.3) is 0 Å². The van der Waals surface area contributed by atoms with Gasteiger partial charge in [0.05, 0.1) is 0 Å². The lowest BCUT2D eigenvalue weighted by atomic mass is 9.80. The standard InChI is InChI=1S/C13H19NO/c1-10(12-3-2-4-12)14-9-11-5-7-13(15)8-6-11/h5-8,10,12,14-15H,2-4,9H2,1H3. The highest BCUT2D eigenvalue weighted by atomic mass is 16.3. The van der Waals surface area contributed by atoms with E-state index < -0.39 is 0 Å². The highest BCUT2D eigenvalue weighted by molar-refractivity contribution is 5.25. The van der Waals surface area contributed by atoms with Gasteiger partial charge in [0, 0.05) is 12.6 Å². The SMILES string of the molecule is CC(NCc1ccc(O)cc1)C1CCC1. The molecular weight excluding hydrogens is 186 g/mol. The summed E-state index contributed by atoms with van der Waals surface area (Å²) in [7, 11) is 0. The molecule has 1 aliphatic carbocycles. The van der Waals surface area contributed by atoms with Gasteiger partial charge in [-0.3, -0.25) is 0 Å². The van der Waals surface area contributed by atoms with Crippen molar-refractivity contribution in [2.75, 3.05) is 0 Å². The molecule has 1 atom stereocenters. The first-order chi connectivity index (χ1) is 7.25. The molecule has 0 aromatic heterocycles. The molecule has 0 spiro atoms. The van der Waals surface area contributed by atoms with Crippen LogP contribution in [0, 0.1) is 5.92 Å². The molecule has 1 unspecified atom stereocenters. The number of benzene rings is 1. The number of hydrogen-bond acceptors (Lipinski definition) is 2. The zero-order chi connectivity index (χ0) is 10.7. The van der Waals surface area contributed by atoms with E-state index in [2.05, 4.69) is 12.2 Å². The van der Waals surface area contributed by atoms with Crippen molar-refractivity contribution in [2.24, 2.45) is 5.92 Å². The molecule has 2 N–H and O–H groups in total. The van der Waals surface area contributed by atoms with E-state index in [0.29, 0.717) is 11.8 Å². The summed E-state index contributed by atoms with van der Waals surface area (Å²) in [6, 6.07) is 8.04. The van der Waals surface area contributed by atoms with Crippen molar-refractivity contribution in [3.63, 3.8) is 0 Å². The fourth-order valence-electron chi connectivity index (χ4n) is 2.00. The van der Waals surface area contributed by atoms with E-state index in [0.717, 1.165) is 12.5 Å². The van der Waals surface area contributed by atoms with E-state index in [1.54, 1.807) is 12.1 Å². The fraction of sp³-hybridized carbons (Fsp3) is 0.538. The minimum atomic E-state index is 0.339. The molecule has 82 valence electrons. The van der Waals surface area contributed by atoms with E-state index in [-0.39, 0.29) is 0 Å². The summed E-state index contributed by atoms with van der Waals surface area (Å²) in [5.41, 5.74) is 1.24.